The lowest BCUT2D eigenvalue weighted by Crippen LogP contribution is -2.13. The van der Waals surface area contributed by atoms with Gasteiger partial charge in [-0.05, 0) is 69.4 Å². The summed E-state index contributed by atoms with van der Waals surface area (Å²) in [5.74, 6) is -0.209. The molecule has 0 saturated heterocycles. The van der Waals surface area contributed by atoms with Crippen LogP contribution in [0.3, 0.4) is 0 Å². The van der Waals surface area contributed by atoms with Crippen molar-refractivity contribution in [2.24, 2.45) is 0 Å². The average Bonchev–Trinajstić information content (AvgIpc) is 3.19. The van der Waals surface area contributed by atoms with Gasteiger partial charge in [0.25, 0.3) is 5.91 Å². The summed E-state index contributed by atoms with van der Waals surface area (Å²) in [4.78, 5) is 18.5. The molecule has 1 aliphatic heterocycles. The Balaban J connectivity index is 1.79. The van der Waals surface area contributed by atoms with Crippen LogP contribution in [-0.2, 0) is 22.3 Å². The van der Waals surface area contributed by atoms with Crippen LogP contribution in [0.25, 0.3) is 22.6 Å². The maximum atomic E-state index is 12.6. The van der Waals surface area contributed by atoms with Crippen LogP contribution < -0.4 is 5.32 Å². The van der Waals surface area contributed by atoms with Crippen molar-refractivity contribution in [2.75, 3.05) is 26.0 Å². The van der Waals surface area contributed by atoms with Gasteiger partial charge >= 0.3 is 0 Å². The molecule has 0 aliphatic carbocycles. The van der Waals surface area contributed by atoms with E-state index in [9.17, 15) is 13.6 Å². The molecule has 3 N–H and O–H groups in total. The van der Waals surface area contributed by atoms with Gasteiger partial charge in [0.1, 0.15) is 0 Å². The van der Waals surface area contributed by atoms with Gasteiger partial charge in [0.2, 0.25) is 0 Å². The second kappa shape index (κ2) is 7.94. The highest BCUT2D eigenvalue weighted by Gasteiger charge is 2.26. The number of anilines is 1. The lowest BCUT2D eigenvalue weighted by atomic mass is 10.0. The first-order chi connectivity index (χ1) is 13.9. The predicted molar refractivity (Wildman–Crippen MR) is 117 cm³/mol. The summed E-state index contributed by atoms with van der Waals surface area (Å²) >= 11 is -2.10. The van der Waals surface area contributed by atoms with E-state index in [0.29, 0.717) is 16.8 Å². The Hall–Kier alpha value is -2.74. The molecule has 2 aromatic carbocycles. The zero-order valence-corrected chi connectivity index (χ0v) is 17.2. The number of amides is 1. The molecule has 1 atom stereocenters. The van der Waals surface area contributed by atoms with Crippen LogP contribution in [0.1, 0.15) is 23.2 Å². The Kier molecular flexibility index (Phi) is 5.36. The van der Waals surface area contributed by atoms with Crippen LogP contribution in [0.5, 0.6) is 0 Å². The number of benzene rings is 2. The summed E-state index contributed by atoms with van der Waals surface area (Å²) in [5, 5.41) is 3.99. The fraction of sp³-hybridized carbons (Fsp3) is 0.227. The molecule has 0 fully saturated rings. The number of aromatic nitrogens is 1. The molecule has 6 nitrogen and oxygen atoms in total. The number of carbonyl (C=O) groups excluding carboxylic acids is 1. The van der Waals surface area contributed by atoms with Crippen LogP contribution in [0.4, 0.5) is 5.69 Å². The normalized spacial score (nSPS) is 15.9. The van der Waals surface area contributed by atoms with Crippen LogP contribution in [0.15, 0.2) is 47.4 Å². The Bertz CT molecular complexity index is 1150. The van der Waals surface area contributed by atoms with E-state index in [1.165, 1.54) is 5.56 Å². The van der Waals surface area contributed by atoms with Gasteiger partial charge in [-0.3, -0.25) is 4.79 Å². The number of rotatable bonds is 6. The Morgan fingerprint density at radius 1 is 1.17 bits per heavy atom. The minimum Gasteiger partial charge on any atom is -0.355 e. The molecular weight excluding hydrogens is 386 g/mol. The van der Waals surface area contributed by atoms with Gasteiger partial charge in [-0.1, -0.05) is 18.2 Å². The van der Waals surface area contributed by atoms with E-state index < -0.39 is 11.1 Å². The summed E-state index contributed by atoms with van der Waals surface area (Å²) in [6, 6.07) is 12.9. The lowest BCUT2D eigenvalue weighted by Gasteiger charge is -2.09. The van der Waals surface area contributed by atoms with E-state index in [0.717, 1.165) is 36.0 Å². The Morgan fingerprint density at radius 3 is 2.72 bits per heavy atom. The molecule has 1 aromatic heterocycles. The average molecular weight is 410 g/mol. The molecule has 0 spiro atoms. The van der Waals surface area contributed by atoms with E-state index in [2.05, 4.69) is 35.4 Å². The van der Waals surface area contributed by atoms with E-state index in [-0.39, 0.29) is 10.8 Å². The van der Waals surface area contributed by atoms with Crippen molar-refractivity contribution in [3.8, 4) is 0 Å². The zero-order chi connectivity index (χ0) is 20.5. The van der Waals surface area contributed by atoms with Gasteiger partial charge in [-0.2, -0.15) is 0 Å². The van der Waals surface area contributed by atoms with Gasteiger partial charge in [0.05, 0.1) is 10.5 Å². The van der Waals surface area contributed by atoms with Crippen molar-refractivity contribution in [1.29, 1.82) is 0 Å². The van der Waals surface area contributed by atoms with Gasteiger partial charge in [0, 0.05) is 27.8 Å². The summed E-state index contributed by atoms with van der Waals surface area (Å²) < 4.78 is 20.9. The molecule has 7 heteroatoms. The molecule has 4 rings (SSSR count). The number of fused-ring (bicyclic) bond motifs is 2. The summed E-state index contributed by atoms with van der Waals surface area (Å²) in [7, 11) is 4.11. The largest absolute Gasteiger partial charge is 0.355 e. The molecular formula is C22H23N3O3S. The van der Waals surface area contributed by atoms with Crippen LogP contribution >= 0.6 is 0 Å². The highest BCUT2D eigenvalue weighted by molar-refractivity contribution is 7.79. The van der Waals surface area contributed by atoms with Crippen LogP contribution in [0.2, 0.25) is 0 Å². The maximum Gasteiger partial charge on any atom is 0.256 e. The van der Waals surface area contributed by atoms with Gasteiger partial charge in [0.15, 0.2) is 11.1 Å². The van der Waals surface area contributed by atoms with Crippen molar-refractivity contribution in [3.05, 3.63) is 59.3 Å². The predicted octanol–water partition coefficient (Wildman–Crippen LogP) is 3.74. The lowest BCUT2D eigenvalue weighted by molar-refractivity contribution is -0.110. The van der Waals surface area contributed by atoms with Crippen molar-refractivity contribution in [2.45, 2.75) is 17.7 Å². The Labute approximate surface area is 171 Å². The number of hydrogen-bond acceptors (Lipinski definition) is 3. The number of aryl methyl sites for hydroxylation is 1. The molecule has 2 heterocycles. The summed E-state index contributed by atoms with van der Waals surface area (Å²) in [5.41, 5.74) is 4.90. The highest BCUT2D eigenvalue weighted by Crippen LogP contribution is 2.36. The molecule has 1 aliphatic rings. The van der Waals surface area contributed by atoms with Gasteiger partial charge in [-0.15, -0.1) is 0 Å². The minimum atomic E-state index is -2.10. The first-order valence-corrected chi connectivity index (χ1v) is 10.6. The molecule has 0 saturated carbocycles. The molecule has 1 amide bonds. The summed E-state index contributed by atoms with van der Waals surface area (Å²) in [6.07, 6.45) is 3.74. The molecule has 150 valence electrons. The number of aromatic amines is 1. The van der Waals surface area contributed by atoms with Crippen LogP contribution in [0, 0.1) is 0 Å². The fourth-order valence-corrected chi connectivity index (χ4v) is 4.15. The van der Waals surface area contributed by atoms with Crippen molar-refractivity contribution in [1.82, 2.24) is 9.88 Å². The van der Waals surface area contributed by atoms with Gasteiger partial charge < -0.3 is 19.8 Å². The topological polar surface area (TPSA) is 85.4 Å². The number of H-pyrrole nitrogens is 1. The second-order valence-electron chi connectivity index (χ2n) is 7.44. The third-order valence-corrected chi connectivity index (χ3v) is 5.80. The first-order valence-electron chi connectivity index (χ1n) is 9.46. The molecule has 0 radical (unpaired) electrons. The van der Waals surface area contributed by atoms with E-state index in [1.807, 2.05) is 24.3 Å². The molecule has 29 heavy (non-hydrogen) atoms. The van der Waals surface area contributed by atoms with Crippen LogP contribution in [-0.4, -0.2) is 45.2 Å². The monoisotopic (exact) mass is 409 g/mol. The molecule has 3 aromatic rings. The first kappa shape index (κ1) is 19.6. The van der Waals surface area contributed by atoms with Crippen molar-refractivity contribution in [3.63, 3.8) is 0 Å². The molecule has 1 unspecified atom stereocenters. The number of carbonyl (C=O) groups is 1. The second-order valence-corrected chi connectivity index (χ2v) is 8.41. The number of nitrogens with zero attached hydrogens (tertiary/aromatic N) is 1. The fourth-order valence-electron chi connectivity index (χ4n) is 3.75. The van der Waals surface area contributed by atoms with E-state index >= 15 is 0 Å². The van der Waals surface area contributed by atoms with Crippen molar-refractivity contribution >= 4 is 45.2 Å². The number of hydrogen-bond donors (Lipinski definition) is 3. The molecule has 0 bridgehead atoms. The third-order valence-electron chi connectivity index (χ3n) is 5.14. The summed E-state index contributed by atoms with van der Waals surface area (Å²) in [6.45, 7) is 0.977. The van der Waals surface area contributed by atoms with Gasteiger partial charge in [-0.25, -0.2) is 4.21 Å². The van der Waals surface area contributed by atoms with E-state index in [4.69, 9.17) is 0 Å². The quantitative estimate of drug-likeness (QED) is 0.428. The standard InChI is InChI=1S/C22H23N3O3S/c1-25(2)11-5-7-16-15-6-3-4-8-19(15)23-21(16)13-18-17-12-14(29(27)28)9-10-20(17)24-22(18)26/h3-4,6,8-10,12-13,23H,5,7,11H2,1-2H3,(H,24,26)(H,27,28). The maximum absolute atomic E-state index is 12.6. The smallest absolute Gasteiger partial charge is 0.256 e. The number of para-hydroxylation sites is 1. The van der Waals surface area contributed by atoms with E-state index in [1.54, 1.807) is 18.2 Å². The van der Waals surface area contributed by atoms with Crippen molar-refractivity contribution < 1.29 is 13.6 Å². The minimum absolute atomic E-state index is 0.209. The Morgan fingerprint density at radius 2 is 1.97 bits per heavy atom. The highest BCUT2D eigenvalue weighted by atomic mass is 32.2. The zero-order valence-electron chi connectivity index (χ0n) is 16.4. The number of nitrogens with one attached hydrogen (secondary N) is 2. The third kappa shape index (κ3) is 3.89. The SMILES string of the molecule is CN(C)CCCc1c(C=C2C(=O)Nc3ccc(S(=O)O)cc32)[nH]c2ccccc12.